The first-order valence-corrected chi connectivity index (χ1v) is 13.8. The zero-order valence-electron chi connectivity index (χ0n) is 20.4. The summed E-state index contributed by atoms with van der Waals surface area (Å²) in [6.07, 6.45) is 1.55. The third-order valence-corrected chi connectivity index (χ3v) is 7.66. The van der Waals surface area contributed by atoms with Gasteiger partial charge in [0.25, 0.3) is 15.9 Å². The van der Waals surface area contributed by atoms with Gasteiger partial charge in [-0.05, 0) is 67.4 Å². The minimum atomic E-state index is -3.63. The Kier molecular flexibility index (Phi) is 6.25. The summed E-state index contributed by atoms with van der Waals surface area (Å²) in [7, 11) is -3.63. The Morgan fingerprint density at radius 2 is 1.76 bits per heavy atom. The third-order valence-electron chi connectivity index (χ3n) is 6.51. The van der Waals surface area contributed by atoms with E-state index in [2.05, 4.69) is 10.3 Å². The van der Waals surface area contributed by atoms with E-state index in [4.69, 9.17) is 11.6 Å². The molecule has 3 aromatic carbocycles. The van der Waals surface area contributed by atoms with E-state index in [9.17, 15) is 18.0 Å². The highest BCUT2D eigenvalue weighted by Gasteiger charge is 2.38. The monoisotopic (exact) mass is 537 g/mol. The molecule has 1 aromatic heterocycles. The molecule has 0 fully saturated rings. The van der Waals surface area contributed by atoms with Crippen molar-refractivity contribution in [1.29, 1.82) is 0 Å². The second-order valence-electron chi connectivity index (χ2n) is 9.10. The first kappa shape index (κ1) is 24.9. The van der Waals surface area contributed by atoms with Crippen LogP contribution in [0, 0.1) is 0 Å². The lowest BCUT2D eigenvalue weighted by atomic mass is 9.89. The number of hydrogen-bond donors (Lipinski definition) is 0. The van der Waals surface area contributed by atoms with Crippen LogP contribution >= 0.6 is 11.6 Å². The fourth-order valence-corrected chi connectivity index (χ4v) is 5.74. The molecule has 2 heterocycles. The Morgan fingerprint density at radius 3 is 2.43 bits per heavy atom. The van der Waals surface area contributed by atoms with E-state index in [1.165, 1.54) is 13.0 Å². The molecule has 5 rings (SSSR count). The Balaban J connectivity index is 1.55. The van der Waals surface area contributed by atoms with Gasteiger partial charge in [0.15, 0.2) is 0 Å². The summed E-state index contributed by atoms with van der Waals surface area (Å²) < 4.78 is 24.8. The van der Waals surface area contributed by atoms with E-state index in [-0.39, 0.29) is 23.9 Å². The lowest BCUT2D eigenvalue weighted by molar-refractivity contribution is -0.117. The summed E-state index contributed by atoms with van der Waals surface area (Å²) >= 11 is 6.07. The number of rotatable bonds is 4. The number of carbonyl (C=O) groups is 2. The lowest BCUT2D eigenvalue weighted by Gasteiger charge is -2.43. The van der Waals surface area contributed by atoms with Crippen LogP contribution < -0.4 is 9.80 Å². The minimum Gasteiger partial charge on any atom is -0.305 e. The summed E-state index contributed by atoms with van der Waals surface area (Å²) in [5.74, 6) is -0.372. The van der Waals surface area contributed by atoms with Crippen molar-refractivity contribution in [3.8, 4) is 0 Å². The molecule has 0 spiro atoms. The summed E-state index contributed by atoms with van der Waals surface area (Å²) in [4.78, 5) is 30.1. The highest BCUT2D eigenvalue weighted by Crippen LogP contribution is 2.43. The normalized spacial score (nSPS) is 17.5. The van der Waals surface area contributed by atoms with Gasteiger partial charge in [-0.25, -0.2) is 8.42 Å². The highest BCUT2D eigenvalue weighted by atomic mass is 35.5. The van der Waals surface area contributed by atoms with Crippen LogP contribution in [0.1, 0.15) is 42.2 Å². The Morgan fingerprint density at radius 1 is 1.05 bits per heavy atom. The van der Waals surface area contributed by atoms with E-state index in [0.29, 0.717) is 33.7 Å². The predicted octanol–water partition coefficient (Wildman–Crippen LogP) is 4.43. The number of amides is 2. The van der Waals surface area contributed by atoms with Crippen molar-refractivity contribution >= 4 is 55.8 Å². The van der Waals surface area contributed by atoms with Gasteiger partial charge >= 0.3 is 0 Å². The quantitative estimate of drug-likeness (QED) is 0.381. The first-order chi connectivity index (χ1) is 17.6. The minimum absolute atomic E-state index is 0.117. The van der Waals surface area contributed by atoms with E-state index >= 15 is 0 Å². The maximum atomic E-state index is 13.8. The maximum Gasteiger partial charge on any atom is 0.258 e. The van der Waals surface area contributed by atoms with E-state index in [1.54, 1.807) is 34.1 Å². The zero-order valence-corrected chi connectivity index (χ0v) is 21.9. The van der Waals surface area contributed by atoms with Crippen LogP contribution in [0.2, 0.25) is 5.02 Å². The number of benzene rings is 3. The molecule has 0 radical (unpaired) electrons. The molecular weight excluding hydrogens is 514 g/mol. The van der Waals surface area contributed by atoms with Crippen LogP contribution in [0.4, 0.5) is 11.4 Å². The van der Waals surface area contributed by atoms with E-state index < -0.39 is 10.0 Å². The molecule has 4 aromatic rings. The number of carbonyl (C=O) groups excluding carboxylic acids is 2. The Labute approximate surface area is 219 Å². The second kappa shape index (κ2) is 9.28. The van der Waals surface area contributed by atoms with Gasteiger partial charge in [0, 0.05) is 34.9 Å². The first-order valence-electron chi connectivity index (χ1n) is 11.6. The number of anilines is 2. The van der Waals surface area contributed by atoms with Gasteiger partial charge in [0.1, 0.15) is 11.0 Å². The number of hydrogen-bond acceptors (Lipinski definition) is 6. The van der Waals surface area contributed by atoms with Crippen LogP contribution in [0.5, 0.6) is 0 Å². The molecule has 2 amide bonds. The molecule has 0 unspecified atom stereocenters. The second-order valence-corrected chi connectivity index (χ2v) is 11.3. The van der Waals surface area contributed by atoms with Crippen molar-refractivity contribution in [3.05, 3.63) is 82.9 Å². The topological polar surface area (TPSA) is 105 Å². The van der Waals surface area contributed by atoms with Crippen molar-refractivity contribution in [2.75, 3.05) is 16.1 Å². The van der Waals surface area contributed by atoms with Crippen LogP contribution in [-0.4, -0.2) is 46.9 Å². The number of fused-ring (bicyclic) bond motifs is 2. The summed E-state index contributed by atoms with van der Waals surface area (Å²) in [5.41, 5.74) is 3.24. The molecule has 0 aliphatic carbocycles. The number of para-hydroxylation sites is 1. The number of nitrogens with zero attached hydrogens (tertiary/aromatic N) is 5. The number of aromatic nitrogens is 3. The molecular formula is C26H24ClN5O4S. The van der Waals surface area contributed by atoms with E-state index in [1.807, 2.05) is 43.3 Å². The van der Waals surface area contributed by atoms with Crippen LogP contribution in [0.25, 0.3) is 11.0 Å². The van der Waals surface area contributed by atoms with Gasteiger partial charge in [0.2, 0.25) is 5.91 Å². The largest absolute Gasteiger partial charge is 0.305 e. The maximum absolute atomic E-state index is 13.8. The molecule has 190 valence electrons. The van der Waals surface area contributed by atoms with Gasteiger partial charge in [-0.2, -0.15) is 0 Å². The molecule has 0 saturated carbocycles. The molecule has 2 atom stereocenters. The van der Waals surface area contributed by atoms with Crippen molar-refractivity contribution in [2.45, 2.75) is 32.4 Å². The molecule has 1 aliphatic heterocycles. The highest BCUT2D eigenvalue weighted by molar-refractivity contribution is 7.89. The van der Waals surface area contributed by atoms with E-state index in [0.717, 1.165) is 21.6 Å². The molecule has 9 nitrogen and oxygen atoms in total. The summed E-state index contributed by atoms with van der Waals surface area (Å²) in [5, 5.41) is 8.24. The average molecular weight is 538 g/mol. The van der Waals surface area contributed by atoms with Gasteiger partial charge in [-0.3, -0.25) is 9.59 Å². The predicted molar refractivity (Wildman–Crippen MR) is 142 cm³/mol. The van der Waals surface area contributed by atoms with Gasteiger partial charge in [-0.15, -0.1) is 9.19 Å². The third kappa shape index (κ3) is 4.47. The summed E-state index contributed by atoms with van der Waals surface area (Å²) in [6.45, 7) is 3.47. The number of halogens is 1. The molecule has 0 saturated heterocycles. The molecule has 0 bridgehead atoms. The zero-order chi connectivity index (χ0) is 26.5. The van der Waals surface area contributed by atoms with Crippen molar-refractivity contribution in [1.82, 2.24) is 14.4 Å². The van der Waals surface area contributed by atoms with Crippen molar-refractivity contribution < 1.29 is 18.0 Å². The van der Waals surface area contributed by atoms with Crippen LogP contribution in [0.3, 0.4) is 0 Å². The van der Waals surface area contributed by atoms with Gasteiger partial charge in [-0.1, -0.05) is 35.0 Å². The fraction of sp³-hybridized carbons (Fsp3) is 0.231. The molecule has 37 heavy (non-hydrogen) atoms. The van der Waals surface area contributed by atoms with Crippen molar-refractivity contribution in [3.63, 3.8) is 0 Å². The molecule has 1 aliphatic rings. The van der Waals surface area contributed by atoms with Gasteiger partial charge in [0.05, 0.1) is 12.3 Å². The smallest absolute Gasteiger partial charge is 0.258 e. The van der Waals surface area contributed by atoms with Crippen LogP contribution in [0.15, 0.2) is 66.7 Å². The Hall–Kier alpha value is -3.76. The SMILES string of the molecule is CC(=O)N(c1ccc(Cl)cc1)[C@@H]1C[C@H](C)N(C(=O)c2ccc3c(c2)nnn3S(C)(=O)=O)c2ccccc21. The Bertz CT molecular complexity index is 1630. The van der Waals surface area contributed by atoms with Crippen LogP contribution in [-0.2, 0) is 14.8 Å². The lowest BCUT2D eigenvalue weighted by Crippen LogP contribution is -2.47. The summed E-state index contributed by atoms with van der Waals surface area (Å²) in [6, 6.07) is 18.8. The standard InChI is InChI=1S/C26H24ClN5O4S/c1-16-14-25(31(17(2)33)20-11-9-19(27)10-12-20)21-6-4-5-7-23(21)30(16)26(34)18-8-13-24-22(15-18)28-29-32(24)37(3,35)36/h4-13,15-16,25H,14H2,1-3H3/t16-,25+/m0/s1. The average Bonchev–Trinajstić information content (AvgIpc) is 3.29. The molecule has 11 heteroatoms. The fourth-order valence-electron chi connectivity index (χ4n) is 4.94. The molecule has 0 N–H and O–H groups in total. The van der Waals surface area contributed by atoms with Gasteiger partial charge < -0.3 is 9.80 Å². The van der Waals surface area contributed by atoms with Crippen molar-refractivity contribution in [2.24, 2.45) is 0 Å².